The average Bonchev–Trinajstić information content (AvgIpc) is 2.97. The third kappa shape index (κ3) is 3.41. The lowest BCUT2D eigenvalue weighted by molar-refractivity contribution is -0.118. The second-order valence-electron chi connectivity index (χ2n) is 5.43. The number of aromatic nitrogens is 1. The van der Waals surface area contributed by atoms with Gasteiger partial charge in [0.05, 0.1) is 11.8 Å². The number of rotatable bonds is 5. The largest absolute Gasteiger partial charge is 0.495 e. The number of hydrogen-bond donors (Lipinski definition) is 0. The van der Waals surface area contributed by atoms with Crippen LogP contribution in [0, 0.1) is 0 Å². The molecule has 0 unspecified atom stereocenters. The van der Waals surface area contributed by atoms with Crippen molar-refractivity contribution in [2.75, 3.05) is 7.11 Å². The Hall–Kier alpha value is -2.40. The van der Waals surface area contributed by atoms with E-state index in [1.165, 1.54) is 11.3 Å². The summed E-state index contributed by atoms with van der Waals surface area (Å²) in [5.41, 5.74) is 2.16. The number of ether oxygens (including phenoxy) is 1. The van der Waals surface area contributed by atoms with Crippen molar-refractivity contribution in [1.82, 2.24) is 4.57 Å². The van der Waals surface area contributed by atoms with Crippen molar-refractivity contribution in [3.8, 4) is 5.75 Å². The van der Waals surface area contributed by atoms with Crippen molar-refractivity contribution in [3.05, 3.63) is 58.9 Å². The summed E-state index contributed by atoms with van der Waals surface area (Å²) in [5, 5.41) is 0. The first-order valence-corrected chi connectivity index (χ1v) is 8.82. The molecular formula is C19H20N2O2S. The predicted octanol–water partition coefficient (Wildman–Crippen LogP) is 3.79. The van der Waals surface area contributed by atoms with Crippen molar-refractivity contribution < 1.29 is 9.53 Å². The lowest BCUT2D eigenvalue weighted by Crippen LogP contribution is -2.16. The van der Waals surface area contributed by atoms with Gasteiger partial charge in [-0.15, -0.1) is 0 Å². The van der Waals surface area contributed by atoms with Gasteiger partial charge in [-0.25, -0.2) is 0 Å². The van der Waals surface area contributed by atoms with Crippen LogP contribution in [0.3, 0.4) is 0 Å². The zero-order chi connectivity index (χ0) is 16.9. The van der Waals surface area contributed by atoms with Gasteiger partial charge in [0.2, 0.25) is 5.91 Å². The highest BCUT2D eigenvalue weighted by Gasteiger charge is 2.11. The molecule has 5 heteroatoms. The summed E-state index contributed by atoms with van der Waals surface area (Å²) in [6.45, 7) is 2.79. The first-order chi connectivity index (χ1) is 11.7. The molecule has 0 fully saturated rings. The summed E-state index contributed by atoms with van der Waals surface area (Å²) in [7, 11) is 1.66. The van der Waals surface area contributed by atoms with Crippen molar-refractivity contribution >= 4 is 27.5 Å². The Labute approximate surface area is 145 Å². The fourth-order valence-corrected chi connectivity index (χ4v) is 3.83. The SMILES string of the molecule is CCn1c(=NC(=O)CCc2ccccc2)sc2cccc(OC)c21. The van der Waals surface area contributed by atoms with E-state index in [0.717, 1.165) is 32.9 Å². The Morgan fingerprint density at radius 3 is 2.67 bits per heavy atom. The highest BCUT2D eigenvalue weighted by atomic mass is 32.1. The summed E-state index contributed by atoms with van der Waals surface area (Å²) in [6.07, 6.45) is 1.13. The van der Waals surface area contributed by atoms with Crippen molar-refractivity contribution in [1.29, 1.82) is 0 Å². The molecule has 0 bridgehead atoms. The first kappa shape index (κ1) is 16.5. The molecule has 0 saturated carbocycles. The molecule has 0 saturated heterocycles. The number of methoxy groups -OCH3 is 1. The van der Waals surface area contributed by atoms with Gasteiger partial charge in [0.1, 0.15) is 11.3 Å². The number of amides is 1. The van der Waals surface area contributed by atoms with Crippen molar-refractivity contribution in [3.63, 3.8) is 0 Å². The molecule has 1 aromatic heterocycles. The molecular weight excluding hydrogens is 320 g/mol. The monoisotopic (exact) mass is 340 g/mol. The van der Waals surface area contributed by atoms with Gasteiger partial charge in [-0.2, -0.15) is 4.99 Å². The van der Waals surface area contributed by atoms with E-state index in [0.29, 0.717) is 12.8 Å². The Bertz CT molecular complexity index is 910. The van der Waals surface area contributed by atoms with Crippen molar-refractivity contribution in [2.24, 2.45) is 4.99 Å². The fourth-order valence-electron chi connectivity index (χ4n) is 2.70. The average molecular weight is 340 g/mol. The van der Waals surface area contributed by atoms with Crippen LogP contribution in [0.15, 0.2) is 53.5 Å². The number of aryl methyl sites for hydroxylation is 2. The summed E-state index contributed by atoms with van der Waals surface area (Å²) < 4.78 is 8.57. The van der Waals surface area contributed by atoms with E-state index in [4.69, 9.17) is 4.74 Å². The molecule has 24 heavy (non-hydrogen) atoms. The van der Waals surface area contributed by atoms with E-state index in [2.05, 4.69) is 4.99 Å². The number of fused-ring (bicyclic) bond motifs is 1. The van der Waals surface area contributed by atoms with Crippen LogP contribution in [-0.4, -0.2) is 17.6 Å². The predicted molar refractivity (Wildman–Crippen MR) is 97.4 cm³/mol. The van der Waals surface area contributed by atoms with Crippen LogP contribution in [-0.2, 0) is 17.8 Å². The molecule has 0 aliphatic rings. The summed E-state index contributed by atoms with van der Waals surface area (Å²) in [4.78, 5) is 17.4. The molecule has 124 valence electrons. The molecule has 3 aromatic rings. The molecule has 0 aliphatic carbocycles. The maximum atomic E-state index is 12.3. The minimum atomic E-state index is -0.0911. The van der Waals surface area contributed by atoms with Gasteiger partial charge in [-0.3, -0.25) is 4.79 Å². The number of benzene rings is 2. The third-order valence-electron chi connectivity index (χ3n) is 3.89. The number of hydrogen-bond acceptors (Lipinski definition) is 3. The van der Waals surface area contributed by atoms with Gasteiger partial charge < -0.3 is 9.30 Å². The van der Waals surface area contributed by atoms with Crippen LogP contribution in [0.5, 0.6) is 5.75 Å². The summed E-state index contributed by atoms with van der Waals surface area (Å²) in [5.74, 6) is 0.718. The molecule has 3 rings (SSSR count). The van der Waals surface area contributed by atoms with Gasteiger partial charge in [0.25, 0.3) is 0 Å². The highest BCUT2D eigenvalue weighted by Crippen LogP contribution is 2.27. The van der Waals surface area contributed by atoms with Crippen LogP contribution in [0.1, 0.15) is 18.9 Å². The standard InChI is InChI=1S/C19H20N2O2S/c1-3-21-18-15(23-2)10-7-11-16(18)24-19(21)20-17(22)13-12-14-8-5-4-6-9-14/h4-11H,3,12-13H2,1-2H3. The van der Waals surface area contributed by atoms with E-state index < -0.39 is 0 Å². The van der Waals surface area contributed by atoms with E-state index >= 15 is 0 Å². The van der Waals surface area contributed by atoms with Crippen LogP contribution < -0.4 is 9.54 Å². The van der Waals surface area contributed by atoms with Crippen LogP contribution in [0.25, 0.3) is 10.2 Å². The topological polar surface area (TPSA) is 43.6 Å². The third-order valence-corrected chi connectivity index (χ3v) is 4.93. The van der Waals surface area contributed by atoms with Gasteiger partial charge in [0.15, 0.2) is 4.80 Å². The molecule has 1 amide bonds. The van der Waals surface area contributed by atoms with Crippen LogP contribution in [0.4, 0.5) is 0 Å². The lowest BCUT2D eigenvalue weighted by atomic mass is 10.1. The van der Waals surface area contributed by atoms with E-state index in [-0.39, 0.29) is 5.91 Å². The molecule has 1 heterocycles. The van der Waals surface area contributed by atoms with E-state index in [1.54, 1.807) is 7.11 Å². The molecule has 0 aliphatic heterocycles. The van der Waals surface area contributed by atoms with E-state index in [9.17, 15) is 4.79 Å². The van der Waals surface area contributed by atoms with Gasteiger partial charge in [-0.05, 0) is 31.0 Å². The summed E-state index contributed by atoms with van der Waals surface area (Å²) >= 11 is 1.52. The number of nitrogens with zero attached hydrogens (tertiary/aromatic N) is 2. The van der Waals surface area contributed by atoms with Gasteiger partial charge in [0, 0.05) is 13.0 Å². The number of thiazole rings is 1. The minimum absolute atomic E-state index is 0.0911. The van der Waals surface area contributed by atoms with E-state index in [1.807, 2.05) is 60.0 Å². The summed E-state index contributed by atoms with van der Waals surface area (Å²) in [6, 6.07) is 15.9. The van der Waals surface area contributed by atoms with Gasteiger partial charge in [-0.1, -0.05) is 47.7 Å². The number of carbonyl (C=O) groups excluding carboxylic acids is 1. The fraction of sp³-hybridized carbons (Fsp3) is 0.263. The zero-order valence-corrected chi connectivity index (χ0v) is 14.7. The zero-order valence-electron chi connectivity index (χ0n) is 13.9. The second kappa shape index (κ2) is 7.45. The lowest BCUT2D eigenvalue weighted by Gasteiger charge is -2.05. The quantitative estimate of drug-likeness (QED) is 0.709. The smallest absolute Gasteiger partial charge is 0.248 e. The van der Waals surface area contributed by atoms with Gasteiger partial charge >= 0.3 is 0 Å². The van der Waals surface area contributed by atoms with Crippen LogP contribution >= 0.6 is 11.3 Å². The normalized spacial score (nSPS) is 11.8. The molecule has 0 atom stereocenters. The first-order valence-electron chi connectivity index (χ1n) is 8.00. The molecule has 0 radical (unpaired) electrons. The Morgan fingerprint density at radius 2 is 1.96 bits per heavy atom. The number of para-hydroxylation sites is 1. The Kier molecular flexibility index (Phi) is 5.11. The maximum absolute atomic E-state index is 12.3. The maximum Gasteiger partial charge on any atom is 0.248 e. The molecule has 0 N–H and O–H groups in total. The minimum Gasteiger partial charge on any atom is -0.495 e. The Balaban J connectivity index is 1.90. The highest BCUT2D eigenvalue weighted by molar-refractivity contribution is 7.16. The second-order valence-corrected chi connectivity index (χ2v) is 6.44. The van der Waals surface area contributed by atoms with Crippen LogP contribution in [0.2, 0.25) is 0 Å². The van der Waals surface area contributed by atoms with Crippen molar-refractivity contribution in [2.45, 2.75) is 26.3 Å². The molecule has 4 nitrogen and oxygen atoms in total. The molecule has 0 spiro atoms. The molecule has 2 aromatic carbocycles. The number of carbonyl (C=O) groups is 1. The Morgan fingerprint density at radius 1 is 1.17 bits per heavy atom.